The lowest BCUT2D eigenvalue weighted by molar-refractivity contribution is -0.114. The predicted molar refractivity (Wildman–Crippen MR) is 87.6 cm³/mol. The summed E-state index contributed by atoms with van der Waals surface area (Å²) in [6, 6.07) is 12.9. The molecule has 4 nitrogen and oxygen atoms in total. The Morgan fingerprint density at radius 1 is 1.04 bits per heavy atom. The quantitative estimate of drug-likeness (QED) is 0.908. The Morgan fingerprint density at radius 2 is 1.74 bits per heavy atom. The summed E-state index contributed by atoms with van der Waals surface area (Å²) in [7, 11) is 0. The van der Waals surface area contributed by atoms with Crippen LogP contribution >= 0.6 is 0 Å². The molecular weight excluding hydrogens is 295 g/mol. The van der Waals surface area contributed by atoms with E-state index < -0.39 is 5.54 Å². The molecule has 23 heavy (non-hydrogen) atoms. The van der Waals surface area contributed by atoms with Crippen LogP contribution in [0.5, 0.6) is 0 Å². The second-order valence-corrected chi connectivity index (χ2v) is 5.82. The van der Waals surface area contributed by atoms with Gasteiger partial charge in [-0.15, -0.1) is 0 Å². The Morgan fingerprint density at radius 3 is 2.39 bits per heavy atom. The van der Waals surface area contributed by atoms with Crippen LogP contribution in [0.3, 0.4) is 0 Å². The molecule has 0 saturated carbocycles. The summed E-state index contributed by atoms with van der Waals surface area (Å²) in [5, 5.41) is 5.44. The van der Waals surface area contributed by atoms with Crippen molar-refractivity contribution >= 4 is 17.5 Å². The Kier molecular flexibility index (Phi) is 4.79. The van der Waals surface area contributed by atoms with Gasteiger partial charge in [-0.1, -0.05) is 24.3 Å². The standard InChI is InChI=1S/C18H19FN2O2/c1-12(22)20-14-8-6-7-13(11-14)17(23)21-18(2,3)15-9-4-5-10-16(15)19/h4-11H,1-3H3,(H,20,22)(H,21,23). The van der Waals surface area contributed by atoms with E-state index in [1.54, 1.807) is 56.3 Å². The molecule has 2 amide bonds. The molecule has 0 aliphatic heterocycles. The highest BCUT2D eigenvalue weighted by Crippen LogP contribution is 2.23. The highest BCUT2D eigenvalue weighted by Gasteiger charge is 2.26. The van der Waals surface area contributed by atoms with Gasteiger partial charge >= 0.3 is 0 Å². The molecule has 0 aliphatic rings. The molecule has 2 rings (SSSR count). The summed E-state index contributed by atoms with van der Waals surface area (Å²) in [6.07, 6.45) is 0. The molecule has 2 N–H and O–H groups in total. The number of halogens is 1. The second-order valence-electron chi connectivity index (χ2n) is 5.82. The van der Waals surface area contributed by atoms with Gasteiger partial charge in [-0.2, -0.15) is 0 Å². The molecule has 0 radical (unpaired) electrons. The Labute approximate surface area is 134 Å². The van der Waals surface area contributed by atoms with E-state index in [1.807, 2.05) is 0 Å². The molecule has 2 aromatic carbocycles. The number of nitrogens with one attached hydrogen (secondary N) is 2. The van der Waals surface area contributed by atoms with E-state index in [1.165, 1.54) is 13.0 Å². The SMILES string of the molecule is CC(=O)Nc1cccc(C(=O)NC(C)(C)c2ccccc2F)c1. The van der Waals surface area contributed by atoms with Gasteiger partial charge in [0.05, 0.1) is 5.54 Å². The molecule has 0 aliphatic carbocycles. The van der Waals surface area contributed by atoms with E-state index in [0.29, 0.717) is 16.8 Å². The summed E-state index contributed by atoms with van der Waals surface area (Å²) < 4.78 is 13.9. The average Bonchev–Trinajstić information content (AvgIpc) is 2.46. The molecule has 0 atom stereocenters. The minimum atomic E-state index is -0.869. The number of carbonyl (C=O) groups is 2. The number of hydrogen-bond acceptors (Lipinski definition) is 2. The van der Waals surface area contributed by atoms with Gasteiger partial charge in [-0.3, -0.25) is 9.59 Å². The van der Waals surface area contributed by atoms with Crippen molar-refractivity contribution in [3.05, 3.63) is 65.5 Å². The largest absolute Gasteiger partial charge is 0.343 e. The van der Waals surface area contributed by atoms with Crippen LogP contribution in [0.25, 0.3) is 0 Å². The summed E-state index contributed by atoms with van der Waals surface area (Å²) >= 11 is 0. The third-order valence-electron chi connectivity index (χ3n) is 3.42. The molecule has 0 heterocycles. The van der Waals surface area contributed by atoms with E-state index in [-0.39, 0.29) is 17.6 Å². The molecule has 5 heteroatoms. The molecule has 0 fully saturated rings. The van der Waals surface area contributed by atoms with Crippen molar-refractivity contribution in [3.63, 3.8) is 0 Å². The maximum atomic E-state index is 13.9. The Bertz CT molecular complexity index is 741. The van der Waals surface area contributed by atoms with Gasteiger partial charge in [0.25, 0.3) is 5.91 Å². The number of hydrogen-bond donors (Lipinski definition) is 2. The minimum absolute atomic E-state index is 0.214. The van der Waals surface area contributed by atoms with Gasteiger partial charge in [0.1, 0.15) is 5.82 Å². The first-order valence-corrected chi connectivity index (χ1v) is 7.25. The van der Waals surface area contributed by atoms with Crippen molar-refractivity contribution in [3.8, 4) is 0 Å². The normalized spacial score (nSPS) is 11.0. The lowest BCUT2D eigenvalue weighted by Crippen LogP contribution is -2.41. The topological polar surface area (TPSA) is 58.2 Å². The number of anilines is 1. The fraction of sp³-hybridized carbons (Fsp3) is 0.222. The number of amides is 2. The molecule has 2 aromatic rings. The van der Waals surface area contributed by atoms with Crippen molar-refractivity contribution in [2.24, 2.45) is 0 Å². The average molecular weight is 314 g/mol. The molecule has 0 spiro atoms. The third-order valence-corrected chi connectivity index (χ3v) is 3.42. The third kappa shape index (κ3) is 4.16. The Hall–Kier alpha value is -2.69. The lowest BCUT2D eigenvalue weighted by Gasteiger charge is -2.27. The van der Waals surface area contributed by atoms with Crippen molar-refractivity contribution in [2.45, 2.75) is 26.3 Å². The summed E-state index contributed by atoms with van der Waals surface area (Å²) in [6.45, 7) is 4.87. The van der Waals surface area contributed by atoms with Gasteiger partial charge in [0, 0.05) is 23.7 Å². The first kappa shape index (κ1) is 16.7. The Balaban J connectivity index is 2.21. The first-order valence-electron chi connectivity index (χ1n) is 7.25. The van der Waals surface area contributed by atoms with Crippen LogP contribution in [0.4, 0.5) is 10.1 Å². The van der Waals surface area contributed by atoms with Crippen LogP contribution in [0, 0.1) is 5.82 Å². The maximum absolute atomic E-state index is 13.9. The summed E-state index contributed by atoms with van der Waals surface area (Å²) in [5.41, 5.74) is 0.466. The van der Waals surface area contributed by atoms with E-state index >= 15 is 0 Å². The van der Waals surface area contributed by atoms with Crippen LogP contribution < -0.4 is 10.6 Å². The zero-order chi connectivity index (χ0) is 17.0. The van der Waals surface area contributed by atoms with Gasteiger partial charge in [0.15, 0.2) is 0 Å². The van der Waals surface area contributed by atoms with Crippen molar-refractivity contribution in [2.75, 3.05) is 5.32 Å². The molecular formula is C18H19FN2O2. The zero-order valence-electron chi connectivity index (χ0n) is 13.3. The van der Waals surface area contributed by atoms with Gasteiger partial charge < -0.3 is 10.6 Å². The summed E-state index contributed by atoms with van der Waals surface area (Å²) in [4.78, 5) is 23.5. The molecule has 0 aromatic heterocycles. The molecule has 120 valence electrons. The number of rotatable bonds is 4. The molecule has 0 bridgehead atoms. The highest BCUT2D eigenvalue weighted by molar-refractivity contribution is 5.97. The highest BCUT2D eigenvalue weighted by atomic mass is 19.1. The smallest absolute Gasteiger partial charge is 0.252 e. The van der Waals surface area contributed by atoms with E-state index in [2.05, 4.69) is 10.6 Å². The van der Waals surface area contributed by atoms with Crippen LogP contribution in [0.15, 0.2) is 48.5 Å². The maximum Gasteiger partial charge on any atom is 0.252 e. The zero-order valence-corrected chi connectivity index (χ0v) is 13.3. The number of carbonyl (C=O) groups excluding carboxylic acids is 2. The van der Waals surface area contributed by atoms with Crippen LogP contribution in [-0.4, -0.2) is 11.8 Å². The van der Waals surface area contributed by atoms with E-state index in [4.69, 9.17) is 0 Å². The fourth-order valence-corrected chi connectivity index (χ4v) is 2.33. The second kappa shape index (κ2) is 6.60. The fourth-order valence-electron chi connectivity index (χ4n) is 2.33. The van der Waals surface area contributed by atoms with E-state index in [9.17, 15) is 14.0 Å². The van der Waals surface area contributed by atoms with Crippen LogP contribution in [0.2, 0.25) is 0 Å². The monoisotopic (exact) mass is 314 g/mol. The predicted octanol–water partition coefficient (Wildman–Crippen LogP) is 3.45. The van der Waals surface area contributed by atoms with Crippen LogP contribution in [-0.2, 0) is 10.3 Å². The molecule has 0 saturated heterocycles. The van der Waals surface area contributed by atoms with Crippen molar-refractivity contribution in [1.29, 1.82) is 0 Å². The van der Waals surface area contributed by atoms with Crippen molar-refractivity contribution in [1.82, 2.24) is 5.32 Å². The minimum Gasteiger partial charge on any atom is -0.343 e. The van der Waals surface area contributed by atoms with Gasteiger partial charge in [-0.25, -0.2) is 4.39 Å². The van der Waals surface area contributed by atoms with E-state index in [0.717, 1.165) is 0 Å². The first-order chi connectivity index (χ1) is 10.8. The van der Waals surface area contributed by atoms with Crippen molar-refractivity contribution < 1.29 is 14.0 Å². The van der Waals surface area contributed by atoms with Gasteiger partial charge in [-0.05, 0) is 38.1 Å². The summed E-state index contributed by atoms with van der Waals surface area (Å²) in [5.74, 6) is -0.926. The molecule has 0 unspecified atom stereocenters. The lowest BCUT2D eigenvalue weighted by atomic mass is 9.93. The van der Waals surface area contributed by atoms with Crippen LogP contribution in [0.1, 0.15) is 36.7 Å². The van der Waals surface area contributed by atoms with Gasteiger partial charge in [0.2, 0.25) is 5.91 Å². The number of benzene rings is 2.